The molecule has 1 aromatic rings. The summed E-state index contributed by atoms with van der Waals surface area (Å²) in [6.45, 7) is 7.13. The number of hydrogen-bond donors (Lipinski definition) is 0. The third-order valence-electron chi connectivity index (χ3n) is 2.54. The number of alkyl halides is 5. The van der Waals surface area contributed by atoms with E-state index in [0.29, 0.717) is 0 Å². The molecule has 0 fully saturated rings. The fourth-order valence-electron chi connectivity index (χ4n) is 1.67. The van der Waals surface area contributed by atoms with Crippen LogP contribution in [0.1, 0.15) is 12.5 Å². The Morgan fingerprint density at radius 1 is 1.13 bits per heavy atom. The number of benzene rings is 1. The molecule has 0 spiro atoms. The van der Waals surface area contributed by atoms with Gasteiger partial charge in [-0.2, -0.15) is 0 Å². The van der Waals surface area contributed by atoms with Crippen LogP contribution in [0.25, 0.3) is 5.57 Å². The van der Waals surface area contributed by atoms with Crippen molar-refractivity contribution in [2.75, 3.05) is 0 Å². The maximum absolute atomic E-state index is 13.4. The number of ether oxygens (including phenoxy) is 1. The molecule has 2 nitrogen and oxygen atoms in total. The third-order valence-corrected chi connectivity index (χ3v) is 5.97. The quantitative estimate of drug-likeness (QED) is 0.517. The van der Waals surface area contributed by atoms with E-state index in [9.17, 15) is 22.0 Å². The summed E-state index contributed by atoms with van der Waals surface area (Å²) in [5.74, 6) is -0.646. The highest BCUT2D eigenvalue weighted by Gasteiger charge is 2.33. The average Bonchev–Trinajstić information content (AvgIpc) is 2.36. The molecule has 0 heterocycles. The molecule has 0 saturated carbocycles. The minimum absolute atomic E-state index is 0.209. The van der Waals surface area contributed by atoms with Crippen LogP contribution in [-0.4, -0.2) is 30.9 Å². The molecule has 0 aliphatic heterocycles. The van der Waals surface area contributed by atoms with Crippen molar-refractivity contribution in [2.24, 2.45) is 0 Å². The van der Waals surface area contributed by atoms with Crippen LogP contribution >= 0.6 is 0 Å². The number of halogens is 5. The Labute approximate surface area is 135 Å². The first-order valence-corrected chi connectivity index (χ1v) is 11.0. The van der Waals surface area contributed by atoms with Gasteiger partial charge in [0.2, 0.25) is 0 Å². The molecule has 1 rings (SSSR count). The maximum Gasteiger partial charge on any atom is 0.573 e. The van der Waals surface area contributed by atoms with E-state index in [1.807, 2.05) is 19.6 Å². The minimum atomic E-state index is -4.95. The second-order valence-electron chi connectivity index (χ2n) is 5.70. The van der Waals surface area contributed by atoms with Gasteiger partial charge in [0, 0.05) is 11.1 Å². The summed E-state index contributed by atoms with van der Waals surface area (Å²) in [6.07, 6.45) is -7.89. The van der Waals surface area contributed by atoms with Gasteiger partial charge in [0.25, 0.3) is 16.2 Å². The average molecular weight is 368 g/mol. The third kappa shape index (κ3) is 6.84. The van der Waals surface area contributed by atoms with Crippen LogP contribution in [0, 0.1) is 0 Å². The van der Waals surface area contributed by atoms with Crippen LogP contribution in [-0.2, 0) is 4.12 Å². The van der Waals surface area contributed by atoms with Crippen LogP contribution in [0.3, 0.4) is 0 Å². The van der Waals surface area contributed by atoms with Gasteiger partial charge in [0.1, 0.15) is 5.75 Å². The Balaban J connectivity index is 3.26. The Morgan fingerprint density at radius 3 is 2.17 bits per heavy atom. The monoisotopic (exact) mass is 368 g/mol. The standard InChI is InChI=1S/C14H17F5O2Si2/c1-9(22-21-23(2,3)4)12(13(15)16)10-7-5-6-8-11(10)20-14(17,18)19/h5-8,13H,1-4H3. The van der Waals surface area contributed by atoms with Crippen molar-refractivity contribution < 1.29 is 30.8 Å². The molecular formula is C14H17F5O2Si2. The SMILES string of the molecule is CC([Si]O[Si](C)(C)C)=C(c1ccccc1OC(F)(F)F)C(F)F. The molecule has 0 amide bonds. The van der Waals surface area contributed by atoms with E-state index in [0.717, 1.165) is 6.07 Å². The van der Waals surface area contributed by atoms with Crippen LogP contribution in [0.2, 0.25) is 19.6 Å². The number of allylic oxidation sites excluding steroid dienone is 2. The normalized spacial score (nSPS) is 14.0. The first-order chi connectivity index (χ1) is 10.4. The van der Waals surface area contributed by atoms with Crippen LogP contribution in [0.15, 0.2) is 29.5 Å². The van der Waals surface area contributed by atoms with E-state index >= 15 is 0 Å². The Kier molecular flexibility index (Phi) is 6.54. The smallest absolute Gasteiger partial charge is 0.453 e. The fraction of sp³-hybridized carbons (Fsp3) is 0.429. The number of hydrogen-bond acceptors (Lipinski definition) is 2. The molecule has 0 unspecified atom stereocenters. The highest BCUT2D eigenvalue weighted by molar-refractivity contribution is 6.74. The van der Waals surface area contributed by atoms with Gasteiger partial charge in [-0.05, 0) is 37.8 Å². The molecular weight excluding hydrogens is 351 g/mol. The molecule has 0 N–H and O–H groups in total. The van der Waals surface area contributed by atoms with Crippen molar-refractivity contribution in [1.82, 2.24) is 0 Å². The highest BCUT2D eigenvalue weighted by Crippen LogP contribution is 2.35. The van der Waals surface area contributed by atoms with Gasteiger partial charge in [0.15, 0.2) is 8.32 Å². The second-order valence-corrected chi connectivity index (χ2v) is 11.7. The molecule has 1 aromatic carbocycles. The molecule has 128 valence electrons. The summed E-state index contributed by atoms with van der Waals surface area (Å²) < 4.78 is 73.7. The van der Waals surface area contributed by atoms with Gasteiger partial charge >= 0.3 is 6.36 Å². The summed E-state index contributed by atoms with van der Waals surface area (Å²) in [4.78, 5) is 0. The lowest BCUT2D eigenvalue weighted by Gasteiger charge is -2.20. The molecule has 0 atom stereocenters. The van der Waals surface area contributed by atoms with Crippen molar-refractivity contribution in [1.29, 1.82) is 0 Å². The first kappa shape index (κ1) is 19.8. The lowest BCUT2D eigenvalue weighted by atomic mass is 10.0. The largest absolute Gasteiger partial charge is 0.573 e. The summed E-state index contributed by atoms with van der Waals surface area (Å²) in [5, 5.41) is 0.209. The van der Waals surface area contributed by atoms with Gasteiger partial charge in [-0.15, -0.1) is 13.2 Å². The minimum Gasteiger partial charge on any atom is -0.453 e. The zero-order valence-corrected chi connectivity index (χ0v) is 15.1. The molecule has 0 bridgehead atoms. The van der Waals surface area contributed by atoms with Gasteiger partial charge < -0.3 is 8.85 Å². The first-order valence-electron chi connectivity index (χ1n) is 6.69. The van der Waals surface area contributed by atoms with E-state index in [2.05, 4.69) is 4.74 Å². The topological polar surface area (TPSA) is 18.5 Å². The maximum atomic E-state index is 13.4. The molecule has 9 heteroatoms. The predicted molar refractivity (Wildman–Crippen MR) is 81.9 cm³/mol. The molecule has 0 aromatic heterocycles. The Morgan fingerprint density at radius 2 is 1.70 bits per heavy atom. The van der Waals surface area contributed by atoms with Crippen molar-refractivity contribution in [2.45, 2.75) is 39.4 Å². The summed E-state index contributed by atoms with van der Waals surface area (Å²) in [6, 6.07) is 4.88. The van der Waals surface area contributed by atoms with Crippen molar-refractivity contribution in [3.05, 3.63) is 35.0 Å². The molecule has 23 heavy (non-hydrogen) atoms. The Hall–Kier alpha value is -1.20. The fourth-order valence-corrected chi connectivity index (χ4v) is 3.86. The molecule has 2 radical (unpaired) electrons. The lowest BCUT2D eigenvalue weighted by molar-refractivity contribution is -0.274. The zero-order chi connectivity index (χ0) is 17.8. The predicted octanol–water partition coefficient (Wildman–Crippen LogP) is 5.05. The van der Waals surface area contributed by atoms with E-state index in [4.69, 9.17) is 4.12 Å². The van der Waals surface area contributed by atoms with Crippen LogP contribution in [0.4, 0.5) is 22.0 Å². The van der Waals surface area contributed by atoms with Crippen molar-refractivity contribution >= 4 is 23.7 Å². The van der Waals surface area contributed by atoms with Gasteiger partial charge in [-0.1, -0.05) is 18.2 Å². The molecule has 0 aliphatic rings. The second kappa shape index (κ2) is 7.58. The molecule has 0 saturated heterocycles. The summed E-state index contributed by atoms with van der Waals surface area (Å²) >= 11 is 0. The summed E-state index contributed by atoms with van der Waals surface area (Å²) in [7, 11) is -2.27. The summed E-state index contributed by atoms with van der Waals surface area (Å²) in [5.41, 5.74) is -0.759. The molecule has 0 aliphatic carbocycles. The number of para-hydroxylation sites is 1. The van der Waals surface area contributed by atoms with Crippen LogP contribution in [0.5, 0.6) is 5.75 Å². The highest BCUT2D eigenvalue weighted by atomic mass is 28.4. The van der Waals surface area contributed by atoms with E-state index in [1.165, 1.54) is 25.1 Å². The zero-order valence-electron chi connectivity index (χ0n) is 13.1. The van der Waals surface area contributed by atoms with Gasteiger partial charge in [-0.25, -0.2) is 8.78 Å². The van der Waals surface area contributed by atoms with Crippen molar-refractivity contribution in [3.8, 4) is 5.75 Å². The Bertz CT molecular complexity index is 565. The van der Waals surface area contributed by atoms with E-state index in [1.54, 1.807) is 0 Å². The van der Waals surface area contributed by atoms with Crippen LogP contribution < -0.4 is 4.74 Å². The van der Waals surface area contributed by atoms with Gasteiger partial charge in [-0.3, -0.25) is 0 Å². The van der Waals surface area contributed by atoms with Gasteiger partial charge in [0.05, 0.1) is 0 Å². The number of rotatable bonds is 6. The van der Waals surface area contributed by atoms with E-state index < -0.39 is 32.4 Å². The van der Waals surface area contributed by atoms with Crippen molar-refractivity contribution in [3.63, 3.8) is 0 Å². The van der Waals surface area contributed by atoms with E-state index in [-0.39, 0.29) is 20.5 Å². The lowest BCUT2D eigenvalue weighted by Crippen LogP contribution is -2.28.